The maximum absolute atomic E-state index is 13.6. The number of halogens is 2. The number of hydrogen-bond donors (Lipinski definition) is 0. The van der Waals surface area contributed by atoms with Crippen molar-refractivity contribution in [2.24, 2.45) is 0 Å². The van der Waals surface area contributed by atoms with Crippen molar-refractivity contribution in [1.82, 2.24) is 9.21 Å². The smallest absolute Gasteiger partial charge is 0.243 e. The van der Waals surface area contributed by atoms with Gasteiger partial charge < -0.3 is 9.64 Å². The minimum Gasteiger partial charge on any atom is -0.491 e. The van der Waals surface area contributed by atoms with Gasteiger partial charge in [0, 0.05) is 38.7 Å². The van der Waals surface area contributed by atoms with E-state index in [2.05, 4.69) is 0 Å². The predicted molar refractivity (Wildman–Crippen MR) is 115 cm³/mol. The number of fused-ring (bicyclic) bond motifs is 1. The van der Waals surface area contributed by atoms with Crippen molar-refractivity contribution in [3.8, 4) is 5.75 Å². The molecule has 0 radical (unpaired) electrons. The Morgan fingerprint density at radius 3 is 2.47 bits per heavy atom. The van der Waals surface area contributed by atoms with Gasteiger partial charge in [-0.2, -0.15) is 4.31 Å². The molecule has 0 spiro atoms. The number of rotatable bonds is 7. The van der Waals surface area contributed by atoms with Crippen molar-refractivity contribution < 1.29 is 26.7 Å². The molecule has 172 valence electrons. The number of aryl methyl sites for hydroxylation is 2. The number of hydrogen-bond acceptors (Lipinski definition) is 4. The third-order valence-corrected chi connectivity index (χ3v) is 7.88. The van der Waals surface area contributed by atoms with Crippen molar-refractivity contribution >= 4 is 15.9 Å². The summed E-state index contributed by atoms with van der Waals surface area (Å²) in [6, 6.07) is 8.46. The molecule has 0 N–H and O–H groups in total. The van der Waals surface area contributed by atoms with E-state index in [-0.39, 0.29) is 37.8 Å². The summed E-state index contributed by atoms with van der Waals surface area (Å²) in [5.74, 6) is -1.61. The van der Waals surface area contributed by atoms with E-state index >= 15 is 0 Å². The quantitative estimate of drug-likeness (QED) is 0.591. The molecule has 1 amide bonds. The molecule has 1 heterocycles. The van der Waals surface area contributed by atoms with E-state index in [0.717, 1.165) is 37.0 Å². The normalized spacial score (nSPS) is 16.8. The molecular formula is C23H26F2N2O4S. The fraction of sp³-hybridized carbons (Fsp3) is 0.435. The average Bonchev–Trinajstić information content (AvgIpc) is 3.26. The Kier molecular flexibility index (Phi) is 6.76. The Balaban J connectivity index is 1.24. The second-order valence-electron chi connectivity index (χ2n) is 8.10. The zero-order valence-corrected chi connectivity index (χ0v) is 18.5. The van der Waals surface area contributed by atoms with Gasteiger partial charge in [-0.05, 0) is 61.1 Å². The molecule has 0 aromatic heterocycles. The van der Waals surface area contributed by atoms with E-state index in [1.54, 1.807) is 17.0 Å². The summed E-state index contributed by atoms with van der Waals surface area (Å²) < 4.78 is 59.2. The Morgan fingerprint density at radius 1 is 0.969 bits per heavy atom. The zero-order chi connectivity index (χ0) is 22.7. The largest absolute Gasteiger partial charge is 0.491 e. The van der Waals surface area contributed by atoms with Gasteiger partial charge in [-0.1, -0.05) is 6.07 Å². The monoisotopic (exact) mass is 464 g/mol. The molecule has 32 heavy (non-hydrogen) atoms. The third-order valence-electron chi connectivity index (χ3n) is 5.99. The molecule has 1 aliphatic carbocycles. The molecule has 0 unspecified atom stereocenters. The van der Waals surface area contributed by atoms with Crippen molar-refractivity contribution in [2.45, 2.75) is 37.0 Å². The molecule has 2 aromatic rings. The number of amides is 1. The van der Waals surface area contributed by atoms with Crippen LogP contribution in [0.5, 0.6) is 5.75 Å². The summed E-state index contributed by atoms with van der Waals surface area (Å²) in [6.07, 6.45) is 3.56. The molecule has 0 atom stereocenters. The van der Waals surface area contributed by atoms with Gasteiger partial charge in [-0.15, -0.1) is 0 Å². The SMILES string of the molecule is O=C(CCCOc1ccc(F)cc1F)N1CCN(S(=O)(=O)c2ccc3c(c2)CCC3)CC1. The van der Waals surface area contributed by atoms with Gasteiger partial charge in [-0.3, -0.25) is 4.79 Å². The van der Waals surface area contributed by atoms with Crippen molar-refractivity contribution in [1.29, 1.82) is 0 Å². The first-order chi connectivity index (χ1) is 15.3. The van der Waals surface area contributed by atoms with Gasteiger partial charge in [0.15, 0.2) is 11.6 Å². The second kappa shape index (κ2) is 9.54. The summed E-state index contributed by atoms with van der Waals surface area (Å²) in [7, 11) is -3.58. The first-order valence-corrected chi connectivity index (χ1v) is 12.3. The Hall–Kier alpha value is -2.52. The van der Waals surface area contributed by atoms with Gasteiger partial charge in [-0.25, -0.2) is 17.2 Å². The van der Waals surface area contributed by atoms with Gasteiger partial charge in [0.2, 0.25) is 15.9 Å². The molecule has 1 aliphatic heterocycles. The van der Waals surface area contributed by atoms with Crippen LogP contribution in [0.1, 0.15) is 30.4 Å². The number of carbonyl (C=O) groups is 1. The molecule has 1 fully saturated rings. The van der Waals surface area contributed by atoms with E-state index in [0.29, 0.717) is 24.4 Å². The van der Waals surface area contributed by atoms with Crippen molar-refractivity contribution in [3.63, 3.8) is 0 Å². The summed E-state index contributed by atoms with van der Waals surface area (Å²) in [6.45, 7) is 1.29. The molecule has 6 nitrogen and oxygen atoms in total. The first-order valence-electron chi connectivity index (χ1n) is 10.8. The van der Waals surface area contributed by atoms with Crippen LogP contribution in [-0.4, -0.2) is 56.3 Å². The molecule has 0 saturated carbocycles. The maximum atomic E-state index is 13.6. The lowest BCUT2D eigenvalue weighted by molar-refractivity contribution is -0.132. The summed E-state index contributed by atoms with van der Waals surface area (Å²) in [5, 5.41) is 0. The number of carbonyl (C=O) groups excluding carboxylic acids is 1. The lowest BCUT2D eigenvalue weighted by Gasteiger charge is -2.34. The topological polar surface area (TPSA) is 66.9 Å². The van der Waals surface area contributed by atoms with E-state index in [9.17, 15) is 22.0 Å². The van der Waals surface area contributed by atoms with Gasteiger partial charge >= 0.3 is 0 Å². The van der Waals surface area contributed by atoms with E-state index in [1.165, 1.54) is 15.9 Å². The predicted octanol–water partition coefficient (Wildman–Crippen LogP) is 3.15. The highest BCUT2D eigenvalue weighted by atomic mass is 32.2. The highest BCUT2D eigenvalue weighted by Gasteiger charge is 2.30. The van der Waals surface area contributed by atoms with Crippen LogP contribution in [0.25, 0.3) is 0 Å². The average molecular weight is 465 g/mol. The minimum absolute atomic E-state index is 0.0516. The lowest BCUT2D eigenvalue weighted by Crippen LogP contribution is -2.50. The second-order valence-corrected chi connectivity index (χ2v) is 10.0. The van der Waals surface area contributed by atoms with Crippen molar-refractivity contribution in [2.75, 3.05) is 32.8 Å². The van der Waals surface area contributed by atoms with Crippen LogP contribution in [0.3, 0.4) is 0 Å². The van der Waals surface area contributed by atoms with Crippen LogP contribution in [0, 0.1) is 11.6 Å². The molecular weight excluding hydrogens is 438 g/mol. The Bertz CT molecular complexity index is 1100. The zero-order valence-electron chi connectivity index (χ0n) is 17.7. The highest BCUT2D eigenvalue weighted by Crippen LogP contribution is 2.27. The van der Waals surface area contributed by atoms with Gasteiger partial charge in [0.05, 0.1) is 11.5 Å². The fourth-order valence-corrected chi connectivity index (χ4v) is 5.66. The number of sulfonamides is 1. The van der Waals surface area contributed by atoms with Gasteiger partial charge in [0.1, 0.15) is 5.82 Å². The Morgan fingerprint density at radius 2 is 1.72 bits per heavy atom. The first kappa shape index (κ1) is 22.7. The molecule has 4 rings (SSSR count). The summed E-state index contributed by atoms with van der Waals surface area (Å²) in [4.78, 5) is 14.4. The van der Waals surface area contributed by atoms with E-state index in [1.807, 2.05) is 6.07 Å². The van der Waals surface area contributed by atoms with Gasteiger partial charge in [0.25, 0.3) is 0 Å². The molecule has 9 heteroatoms. The van der Waals surface area contributed by atoms with Crippen LogP contribution >= 0.6 is 0 Å². The standard InChI is InChI=1S/C23H26F2N2O4S/c24-19-7-9-22(21(25)16-19)31-14-2-5-23(28)26-10-12-27(13-11-26)32(29,30)20-8-6-17-3-1-4-18(17)15-20/h6-9,15-16H,1-5,10-14H2. The number of nitrogens with zero attached hydrogens (tertiary/aromatic N) is 2. The Labute approximate surface area is 186 Å². The maximum Gasteiger partial charge on any atom is 0.243 e. The number of benzene rings is 2. The summed E-state index contributed by atoms with van der Waals surface area (Å²) >= 11 is 0. The fourth-order valence-electron chi connectivity index (χ4n) is 4.19. The molecule has 2 aromatic carbocycles. The third kappa shape index (κ3) is 4.94. The van der Waals surface area contributed by atoms with E-state index in [4.69, 9.17) is 4.74 Å². The van der Waals surface area contributed by atoms with Crippen LogP contribution in [0.2, 0.25) is 0 Å². The number of piperazine rings is 1. The molecule has 0 bridgehead atoms. The minimum atomic E-state index is -3.58. The van der Waals surface area contributed by atoms with Crippen LogP contribution in [0.15, 0.2) is 41.3 Å². The molecule has 2 aliphatic rings. The van der Waals surface area contributed by atoms with Crippen LogP contribution in [-0.2, 0) is 27.7 Å². The molecule has 1 saturated heterocycles. The van der Waals surface area contributed by atoms with Crippen molar-refractivity contribution in [3.05, 3.63) is 59.2 Å². The van der Waals surface area contributed by atoms with Crippen LogP contribution < -0.4 is 4.74 Å². The lowest BCUT2D eigenvalue weighted by atomic mass is 10.1. The van der Waals surface area contributed by atoms with E-state index < -0.39 is 21.7 Å². The summed E-state index contributed by atoms with van der Waals surface area (Å²) in [5.41, 5.74) is 2.34. The number of ether oxygens (including phenoxy) is 1. The van der Waals surface area contributed by atoms with Crippen LogP contribution in [0.4, 0.5) is 8.78 Å². The highest BCUT2D eigenvalue weighted by molar-refractivity contribution is 7.89.